The molecule has 1 aliphatic heterocycles. The molecule has 0 N–H and O–H groups in total. The maximum Gasteiger partial charge on any atom is 0.410 e. The number of hydrogen-bond acceptors (Lipinski definition) is 3. The number of benzene rings is 1. The van der Waals surface area contributed by atoms with Crippen LogP contribution in [0, 0.1) is 16.7 Å². The molecule has 1 unspecified atom stereocenters. The third kappa shape index (κ3) is 4.08. The first kappa shape index (κ1) is 18.3. The van der Waals surface area contributed by atoms with Gasteiger partial charge in [0.25, 0.3) is 0 Å². The maximum absolute atomic E-state index is 12.8. The van der Waals surface area contributed by atoms with Crippen LogP contribution < -0.4 is 0 Å². The predicted octanol–water partition coefficient (Wildman–Crippen LogP) is 4.31. The highest BCUT2D eigenvalue weighted by Crippen LogP contribution is 2.33. The highest BCUT2D eigenvalue weighted by molar-refractivity contribution is 5.69. The molecule has 1 aliphatic rings. The van der Waals surface area contributed by atoms with E-state index in [9.17, 15) is 10.1 Å². The zero-order valence-corrected chi connectivity index (χ0v) is 15.6. The van der Waals surface area contributed by atoms with Crippen LogP contribution in [-0.4, -0.2) is 29.2 Å². The van der Waals surface area contributed by atoms with E-state index in [1.54, 1.807) is 0 Å². The molecule has 0 fully saturated rings. The van der Waals surface area contributed by atoms with Crippen LogP contribution in [0.1, 0.15) is 58.2 Å². The van der Waals surface area contributed by atoms with E-state index in [0.29, 0.717) is 18.5 Å². The fraction of sp³-hybridized carbons (Fsp3) is 0.600. The minimum atomic E-state index is -0.517. The number of ether oxygens (including phenoxy) is 1. The lowest BCUT2D eigenvalue weighted by molar-refractivity contribution is 0.00354. The Kier molecular flexibility index (Phi) is 4.94. The second-order valence-corrected chi connectivity index (χ2v) is 8.56. The fourth-order valence-corrected chi connectivity index (χ4v) is 3.25. The molecule has 130 valence electrons. The van der Waals surface area contributed by atoms with Gasteiger partial charge in [0, 0.05) is 12.6 Å². The molecular weight excluding hydrogens is 300 g/mol. The normalized spacial score (nSPS) is 18.4. The van der Waals surface area contributed by atoms with E-state index in [0.717, 1.165) is 12.0 Å². The molecule has 0 spiro atoms. The summed E-state index contributed by atoms with van der Waals surface area (Å²) in [5.74, 6) is 0. The van der Waals surface area contributed by atoms with Crippen molar-refractivity contribution >= 4 is 6.09 Å². The summed E-state index contributed by atoms with van der Waals surface area (Å²) in [6.07, 6.45) is 1.16. The van der Waals surface area contributed by atoms with E-state index in [-0.39, 0.29) is 17.6 Å². The van der Waals surface area contributed by atoms with E-state index in [2.05, 4.69) is 32.9 Å². The van der Waals surface area contributed by atoms with Crippen LogP contribution >= 0.6 is 0 Å². The minimum absolute atomic E-state index is 0.0301. The van der Waals surface area contributed by atoms with Gasteiger partial charge < -0.3 is 9.64 Å². The standard InChI is InChI=1S/C20H28N2O2/c1-19(2,3)17-12-14-8-7-9-15(13-21)16(14)10-11-22(17)18(23)24-20(4,5)6/h7-9,17H,10-12H2,1-6H3. The van der Waals surface area contributed by atoms with Crippen molar-refractivity contribution < 1.29 is 9.53 Å². The van der Waals surface area contributed by atoms with Crippen LogP contribution in [0.4, 0.5) is 4.79 Å². The Morgan fingerprint density at radius 3 is 2.46 bits per heavy atom. The Hall–Kier alpha value is -2.02. The lowest BCUT2D eigenvalue weighted by Crippen LogP contribution is -2.50. The summed E-state index contributed by atoms with van der Waals surface area (Å²) in [5, 5.41) is 9.38. The molecule has 2 rings (SSSR count). The second-order valence-electron chi connectivity index (χ2n) is 8.56. The highest BCUT2D eigenvalue weighted by Gasteiger charge is 2.37. The Balaban J connectivity index is 2.40. The molecular formula is C20H28N2O2. The summed E-state index contributed by atoms with van der Waals surface area (Å²) in [5.41, 5.74) is 2.35. The van der Waals surface area contributed by atoms with Crippen molar-refractivity contribution in [2.24, 2.45) is 5.41 Å². The highest BCUT2D eigenvalue weighted by atomic mass is 16.6. The Labute approximate surface area is 145 Å². The molecule has 1 amide bonds. The van der Waals surface area contributed by atoms with Gasteiger partial charge in [-0.25, -0.2) is 4.79 Å². The summed E-state index contributed by atoms with van der Waals surface area (Å²) >= 11 is 0. The lowest BCUT2D eigenvalue weighted by Gasteiger charge is -2.39. The fourth-order valence-electron chi connectivity index (χ4n) is 3.25. The van der Waals surface area contributed by atoms with Crippen molar-refractivity contribution in [1.29, 1.82) is 5.26 Å². The summed E-state index contributed by atoms with van der Waals surface area (Å²) in [4.78, 5) is 14.6. The molecule has 4 heteroatoms. The maximum atomic E-state index is 12.8. The van der Waals surface area contributed by atoms with Crippen LogP contribution in [-0.2, 0) is 17.6 Å². The van der Waals surface area contributed by atoms with Crippen molar-refractivity contribution in [3.63, 3.8) is 0 Å². The molecule has 0 aromatic heterocycles. The molecule has 0 aliphatic carbocycles. The second kappa shape index (κ2) is 6.47. The Morgan fingerprint density at radius 2 is 1.92 bits per heavy atom. The van der Waals surface area contributed by atoms with Crippen molar-refractivity contribution in [2.75, 3.05) is 6.54 Å². The molecule has 4 nitrogen and oxygen atoms in total. The van der Waals surface area contributed by atoms with Gasteiger partial charge in [-0.1, -0.05) is 32.9 Å². The van der Waals surface area contributed by atoms with E-state index in [1.165, 1.54) is 5.56 Å². The van der Waals surface area contributed by atoms with Crippen LogP contribution in [0.3, 0.4) is 0 Å². The predicted molar refractivity (Wildman–Crippen MR) is 94.7 cm³/mol. The van der Waals surface area contributed by atoms with Crippen molar-refractivity contribution in [3.05, 3.63) is 34.9 Å². The number of rotatable bonds is 0. The molecule has 0 bridgehead atoms. The summed E-state index contributed by atoms with van der Waals surface area (Å²) < 4.78 is 5.64. The molecule has 1 aromatic rings. The summed E-state index contributed by atoms with van der Waals surface area (Å²) in [6.45, 7) is 12.7. The van der Waals surface area contributed by atoms with Gasteiger partial charge >= 0.3 is 6.09 Å². The largest absolute Gasteiger partial charge is 0.444 e. The first-order valence-electron chi connectivity index (χ1n) is 8.53. The van der Waals surface area contributed by atoms with Gasteiger partial charge in [-0.05, 0) is 56.2 Å². The molecule has 0 radical (unpaired) electrons. The van der Waals surface area contributed by atoms with Crippen LogP contribution in [0.25, 0.3) is 0 Å². The molecule has 0 saturated carbocycles. The van der Waals surface area contributed by atoms with Gasteiger partial charge in [0.05, 0.1) is 11.6 Å². The van der Waals surface area contributed by atoms with Gasteiger partial charge in [0.1, 0.15) is 5.60 Å². The number of carbonyl (C=O) groups is 1. The summed E-state index contributed by atoms with van der Waals surface area (Å²) in [7, 11) is 0. The Bertz CT molecular complexity index is 660. The van der Waals surface area contributed by atoms with Crippen LogP contribution in [0.15, 0.2) is 18.2 Å². The average molecular weight is 328 g/mol. The van der Waals surface area contributed by atoms with Crippen LogP contribution in [0.2, 0.25) is 0 Å². The van der Waals surface area contributed by atoms with Gasteiger partial charge in [-0.15, -0.1) is 0 Å². The number of amides is 1. The third-order valence-electron chi connectivity index (χ3n) is 4.41. The zero-order valence-electron chi connectivity index (χ0n) is 15.6. The minimum Gasteiger partial charge on any atom is -0.444 e. The zero-order chi connectivity index (χ0) is 18.1. The van der Waals surface area contributed by atoms with E-state index in [1.807, 2.05) is 37.8 Å². The summed E-state index contributed by atoms with van der Waals surface area (Å²) in [6, 6.07) is 8.18. The number of fused-ring (bicyclic) bond motifs is 1. The van der Waals surface area contributed by atoms with Crippen molar-refractivity contribution in [2.45, 2.75) is 66.0 Å². The van der Waals surface area contributed by atoms with E-state index in [4.69, 9.17) is 4.74 Å². The number of nitrogens with zero attached hydrogens (tertiary/aromatic N) is 2. The van der Waals surface area contributed by atoms with E-state index < -0.39 is 5.60 Å². The topological polar surface area (TPSA) is 53.3 Å². The quantitative estimate of drug-likeness (QED) is 0.713. The Morgan fingerprint density at radius 1 is 1.25 bits per heavy atom. The molecule has 1 aromatic carbocycles. The van der Waals surface area contributed by atoms with Gasteiger partial charge in [-0.3, -0.25) is 0 Å². The monoisotopic (exact) mass is 328 g/mol. The third-order valence-corrected chi connectivity index (χ3v) is 4.41. The average Bonchev–Trinajstić information content (AvgIpc) is 2.64. The molecule has 1 heterocycles. The molecule has 24 heavy (non-hydrogen) atoms. The first-order chi connectivity index (χ1) is 11.0. The van der Waals surface area contributed by atoms with Crippen LogP contribution in [0.5, 0.6) is 0 Å². The smallest absolute Gasteiger partial charge is 0.410 e. The van der Waals surface area contributed by atoms with Gasteiger partial charge in [0.2, 0.25) is 0 Å². The van der Waals surface area contributed by atoms with Gasteiger partial charge in [-0.2, -0.15) is 5.26 Å². The first-order valence-corrected chi connectivity index (χ1v) is 8.53. The van der Waals surface area contributed by atoms with Crippen molar-refractivity contribution in [3.8, 4) is 6.07 Å². The molecule has 0 saturated heterocycles. The number of hydrogen-bond donors (Lipinski definition) is 0. The van der Waals surface area contributed by atoms with E-state index >= 15 is 0 Å². The SMILES string of the molecule is CC(C)(C)OC(=O)N1CCc2c(C#N)cccc2CC1C(C)(C)C. The number of nitriles is 1. The number of carbonyl (C=O) groups excluding carboxylic acids is 1. The molecule has 1 atom stereocenters. The van der Waals surface area contributed by atoms with Crippen molar-refractivity contribution in [1.82, 2.24) is 4.90 Å². The lowest BCUT2D eigenvalue weighted by atomic mass is 9.82. The van der Waals surface area contributed by atoms with Gasteiger partial charge in [0.15, 0.2) is 0 Å².